The molecular weight excluding hydrogens is 236 g/mol. The minimum Gasteiger partial charge on any atom is -0.336 e. The maximum Gasteiger partial charge on any atom is 0.267 e. The van der Waals surface area contributed by atoms with E-state index in [2.05, 4.69) is 16.5 Å². The number of carbonyl (C=O) groups is 1. The standard InChI is InChI=1S/C11H18N4OS/c1-3-9-10(17-14-13-9)11(16)15-5-4-7(2)8(12)6-15/h7-8H,3-6,12H2,1-2H3. The zero-order valence-corrected chi connectivity index (χ0v) is 11.0. The number of likely N-dealkylation sites (tertiary alicyclic amines) is 1. The van der Waals surface area contributed by atoms with Gasteiger partial charge in [-0.15, -0.1) is 5.10 Å². The number of aryl methyl sites for hydroxylation is 1. The number of carbonyl (C=O) groups excluding carboxylic acids is 1. The molecule has 0 spiro atoms. The van der Waals surface area contributed by atoms with Crippen LogP contribution in [0.1, 0.15) is 35.6 Å². The van der Waals surface area contributed by atoms with Crippen LogP contribution in [0.25, 0.3) is 0 Å². The predicted molar refractivity (Wildman–Crippen MR) is 66.9 cm³/mol. The van der Waals surface area contributed by atoms with Gasteiger partial charge in [-0.25, -0.2) is 0 Å². The Bertz CT molecular complexity index is 406. The lowest BCUT2D eigenvalue weighted by Gasteiger charge is -2.34. The second-order valence-electron chi connectivity index (χ2n) is 4.58. The summed E-state index contributed by atoms with van der Waals surface area (Å²) in [6, 6.07) is 0.0821. The molecule has 0 radical (unpaired) electrons. The van der Waals surface area contributed by atoms with E-state index < -0.39 is 0 Å². The van der Waals surface area contributed by atoms with Gasteiger partial charge >= 0.3 is 0 Å². The van der Waals surface area contributed by atoms with Crippen molar-refractivity contribution in [1.29, 1.82) is 0 Å². The molecule has 0 aromatic carbocycles. The molecule has 2 atom stereocenters. The molecule has 2 unspecified atom stereocenters. The van der Waals surface area contributed by atoms with Gasteiger partial charge in [-0.05, 0) is 30.3 Å². The number of rotatable bonds is 2. The molecule has 5 nitrogen and oxygen atoms in total. The summed E-state index contributed by atoms with van der Waals surface area (Å²) in [5.41, 5.74) is 6.81. The van der Waals surface area contributed by atoms with Gasteiger partial charge in [0, 0.05) is 19.1 Å². The van der Waals surface area contributed by atoms with E-state index in [1.807, 2.05) is 11.8 Å². The highest BCUT2D eigenvalue weighted by molar-refractivity contribution is 7.08. The Hall–Kier alpha value is -1.01. The van der Waals surface area contributed by atoms with E-state index in [0.717, 1.165) is 25.1 Å². The molecule has 2 rings (SSSR count). The number of amides is 1. The molecule has 1 aromatic heterocycles. The summed E-state index contributed by atoms with van der Waals surface area (Å²) < 4.78 is 3.86. The first-order valence-electron chi connectivity index (χ1n) is 5.99. The van der Waals surface area contributed by atoms with Gasteiger partial charge in [0.1, 0.15) is 4.88 Å². The molecule has 2 N–H and O–H groups in total. The molecule has 0 saturated carbocycles. The highest BCUT2D eigenvalue weighted by atomic mass is 32.1. The molecule has 94 valence electrons. The highest BCUT2D eigenvalue weighted by Crippen LogP contribution is 2.20. The third-order valence-corrected chi connectivity index (χ3v) is 4.14. The number of nitrogens with two attached hydrogens (primary N) is 1. The molecule has 6 heteroatoms. The van der Waals surface area contributed by atoms with E-state index in [9.17, 15) is 4.79 Å². The first kappa shape index (κ1) is 12.4. The van der Waals surface area contributed by atoms with Crippen LogP contribution < -0.4 is 5.73 Å². The topological polar surface area (TPSA) is 72.1 Å². The maximum atomic E-state index is 12.3. The second kappa shape index (κ2) is 5.10. The minimum atomic E-state index is 0.0409. The molecule has 0 aliphatic carbocycles. The first-order valence-corrected chi connectivity index (χ1v) is 6.77. The lowest BCUT2D eigenvalue weighted by Crippen LogP contribution is -2.49. The maximum absolute atomic E-state index is 12.3. The summed E-state index contributed by atoms with van der Waals surface area (Å²) in [6.07, 6.45) is 1.72. The lowest BCUT2D eigenvalue weighted by atomic mass is 9.94. The summed E-state index contributed by atoms with van der Waals surface area (Å²) in [4.78, 5) is 14.8. The Labute approximate surface area is 105 Å². The Morgan fingerprint density at radius 3 is 3.06 bits per heavy atom. The van der Waals surface area contributed by atoms with Gasteiger partial charge in [-0.1, -0.05) is 18.3 Å². The van der Waals surface area contributed by atoms with Crippen LogP contribution in [0.2, 0.25) is 0 Å². The van der Waals surface area contributed by atoms with E-state index >= 15 is 0 Å². The van der Waals surface area contributed by atoms with Gasteiger partial charge < -0.3 is 10.6 Å². The van der Waals surface area contributed by atoms with Crippen LogP contribution in [-0.4, -0.2) is 39.5 Å². The van der Waals surface area contributed by atoms with Gasteiger partial charge in [-0.3, -0.25) is 4.79 Å². The Balaban J connectivity index is 2.10. The third-order valence-electron chi connectivity index (χ3n) is 3.39. The summed E-state index contributed by atoms with van der Waals surface area (Å²) in [5, 5.41) is 3.97. The molecule has 17 heavy (non-hydrogen) atoms. The normalized spacial score (nSPS) is 25.0. The smallest absolute Gasteiger partial charge is 0.267 e. The third kappa shape index (κ3) is 2.47. The average Bonchev–Trinajstić information content (AvgIpc) is 2.80. The fourth-order valence-corrected chi connectivity index (χ4v) is 2.75. The molecule has 1 fully saturated rings. The van der Waals surface area contributed by atoms with E-state index in [0.29, 0.717) is 17.3 Å². The fourth-order valence-electron chi connectivity index (χ4n) is 2.03. The molecular formula is C11H18N4OS. The number of piperidine rings is 1. The van der Waals surface area contributed by atoms with Crippen molar-refractivity contribution in [1.82, 2.24) is 14.5 Å². The Morgan fingerprint density at radius 1 is 1.65 bits per heavy atom. The first-order chi connectivity index (χ1) is 8.13. The van der Waals surface area contributed by atoms with Crippen molar-refractivity contribution in [3.63, 3.8) is 0 Å². The summed E-state index contributed by atoms with van der Waals surface area (Å²) >= 11 is 1.18. The van der Waals surface area contributed by atoms with Crippen LogP contribution in [-0.2, 0) is 6.42 Å². The summed E-state index contributed by atoms with van der Waals surface area (Å²) in [7, 11) is 0. The quantitative estimate of drug-likeness (QED) is 0.851. The van der Waals surface area contributed by atoms with Crippen LogP contribution in [0.15, 0.2) is 0 Å². The molecule has 1 aliphatic heterocycles. The van der Waals surface area contributed by atoms with Crippen molar-refractivity contribution in [3.05, 3.63) is 10.6 Å². The lowest BCUT2D eigenvalue weighted by molar-refractivity contribution is 0.0676. The van der Waals surface area contributed by atoms with Gasteiger partial charge in [0.15, 0.2) is 0 Å². The van der Waals surface area contributed by atoms with Crippen LogP contribution in [0.4, 0.5) is 0 Å². The molecule has 0 bridgehead atoms. The van der Waals surface area contributed by atoms with Crippen molar-refractivity contribution >= 4 is 17.4 Å². The highest BCUT2D eigenvalue weighted by Gasteiger charge is 2.29. The largest absolute Gasteiger partial charge is 0.336 e. The number of nitrogens with zero attached hydrogens (tertiary/aromatic N) is 3. The van der Waals surface area contributed by atoms with E-state index in [-0.39, 0.29) is 11.9 Å². The predicted octanol–water partition coefficient (Wildman–Crippen LogP) is 0.910. The number of aromatic nitrogens is 2. The van der Waals surface area contributed by atoms with Crippen molar-refractivity contribution < 1.29 is 4.79 Å². The van der Waals surface area contributed by atoms with E-state index in [1.54, 1.807) is 0 Å². The van der Waals surface area contributed by atoms with Crippen molar-refractivity contribution in [2.24, 2.45) is 11.7 Å². The minimum absolute atomic E-state index is 0.0409. The fraction of sp³-hybridized carbons (Fsp3) is 0.727. The average molecular weight is 254 g/mol. The second-order valence-corrected chi connectivity index (χ2v) is 5.34. The van der Waals surface area contributed by atoms with Crippen molar-refractivity contribution in [3.8, 4) is 0 Å². The molecule has 2 heterocycles. The van der Waals surface area contributed by atoms with Crippen molar-refractivity contribution in [2.45, 2.75) is 32.7 Å². The molecule has 1 amide bonds. The summed E-state index contributed by atoms with van der Waals surface area (Å²) in [5.74, 6) is 0.531. The van der Waals surface area contributed by atoms with Crippen LogP contribution in [0, 0.1) is 5.92 Å². The van der Waals surface area contributed by atoms with Crippen molar-refractivity contribution in [2.75, 3.05) is 13.1 Å². The summed E-state index contributed by atoms with van der Waals surface area (Å²) in [6.45, 7) is 5.55. The molecule has 1 aromatic rings. The molecule has 1 saturated heterocycles. The zero-order chi connectivity index (χ0) is 12.4. The van der Waals surface area contributed by atoms with Gasteiger partial charge in [0.2, 0.25) is 0 Å². The van der Waals surface area contributed by atoms with E-state index in [4.69, 9.17) is 5.73 Å². The Morgan fingerprint density at radius 2 is 2.41 bits per heavy atom. The van der Waals surface area contributed by atoms with Crippen LogP contribution in [0.3, 0.4) is 0 Å². The van der Waals surface area contributed by atoms with Crippen LogP contribution in [0.5, 0.6) is 0 Å². The van der Waals surface area contributed by atoms with Gasteiger partial charge in [0.25, 0.3) is 5.91 Å². The Kier molecular flexibility index (Phi) is 3.73. The van der Waals surface area contributed by atoms with Gasteiger partial charge in [0.05, 0.1) is 5.69 Å². The molecule has 1 aliphatic rings. The zero-order valence-electron chi connectivity index (χ0n) is 10.2. The number of hydrogen-bond donors (Lipinski definition) is 1. The van der Waals surface area contributed by atoms with Crippen LogP contribution >= 0.6 is 11.5 Å². The number of hydrogen-bond acceptors (Lipinski definition) is 5. The van der Waals surface area contributed by atoms with E-state index in [1.165, 1.54) is 11.5 Å². The van der Waals surface area contributed by atoms with Gasteiger partial charge in [-0.2, -0.15) is 0 Å². The SMILES string of the molecule is CCc1nnsc1C(=O)N1CCC(C)C(N)C1. The monoisotopic (exact) mass is 254 g/mol.